The largest absolute Gasteiger partial charge is 0.349 e. The van der Waals surface area contributed by atoms with Crippen LogP contribution < -0.4 is 11.5 Å². The second kappa shape index (κ2) is 9.94. The van der Waals surface area contributed by atoms with Crippen LogP contribution in [0.15, 0.2) is 35.0 Å². The van der Waals surface area contributed by atoms with Crippen LogP contribution in [0.1, 0.15) is 9.75 Å². The van der Waals surface area contributed by atoms with Crippen molar-refractivity contribution in [3.05, 3.63) is 44.8 Å². The number of primary amides is 1. The van der Waals surface area contributed by atoms with Gasteiger partial charge in [-0.3, -0.25) is 19.3 Å². The van der Waals surface area contributed by atoms with Gasteiger partial charge in [0, 0.05) is 23.2 Å². The molecule has 2 atom stereocenters. The quantitative estimate of drug-likeness (QED) is 0.567. The highest BCUT2D eigenvalue weighted by molar-refractivity contribution is 7.10. The smallest absolute Gasteiger partial charge is 0.346 e. The van der Waals surface area contributed by atoms with Gasteiger partial charge in [-0.2, -0.15) is 0 Å². The Morgan fingerprint density at radius 1 is 1.10 bits per heavy atom. The van der Waals surface area contributed by atoms with Crippen LogP contribution in [0.2, 0.25) is 0 Å². The van der Waals surface area contributed by atoms with Crippen molar-refractivity contribution < 1.29 is 24.1 Å². The average Bonchev–Trinajstić information content (AvgIpc) is 3.38. The fourth-order valence-corrected chi connectivity index (χ4v) is 4.54. The normalized spacial score (nSPS) is 14.1. The van der Waals surface area contributed by atoms with Gasteiger partial charge in [0.25, 0.3) is 11.8 Å². The molecule has 4 amide bonds. The van der Waals surface area contributed by atoms with Crippen LogP contribution in [0.25, 0.3) is 0 Å². The number of nitrogens with two attached hydrogens (primary N) is 2. The maximum absolute atomic E-state index is 13.2. The molecule has 2 aromatic heterocycles. The van der Waals surface area contributed by atoms with E-state index in [4.69, 9.17) is 21.1 Å². The number of nitrogens with zero attached hydrogens (tertiary/aromatic N) is 2. The summed E-state index contributed by atoms with van der Waals surface area (Å²) in [5.74, 6) is -2.55. The molecule has 0 aliphatic rings. The third-order valence-corrected chi connectivity index (χ3v) is 6.27. The lowest BCUT2D eigenvalue weighted by Gasteiger charge is -2.38. The standard InChI is InChI=1S/C18H24N4O5S2/c1-21(26-2)16(24)18(20,11-13-7-5-9-29-13)14(10-12-6-4-8-28-12)15(23)22(27-3)17(19)25/h4-9,14H,10-11,20H2,1-3H3,(H2,19,25)/t14-,18+/m1/s1. The summed E-state index contributed by atoms with van der Waals surface area (Å²) in [6.07, 6.45) is 0.185. The molecule has 0 bridgehead atoms. The highest BCUT2D eigenvalue weighted by atomic mass is 32.1. The van der Waals surface area contributed by atoms with Crippen LogP contribution in [0.4, 0.5) is 4.79 Å². The van der Waals surface area contributed by atoms with Crippen molar-refractivity contribution in [1.29, 1.82) is 0 Å². The van der Waals surface area contributed by atoms with Gasteiger partial charge in [0.05, 0.1) is 20.1 Å². The van der Waals surface area contributed by atoms with Crippen molar-refractivity contribution in [3.8, 4) is 0 Å². The van der Waals surface area contributed by atoms with Crippen molar-refractivity contribution >= 4 is 40.5 Å². The number of hydrogen-bond donors (Lipinski definition) is 2. The lowest BCUT2D eigenvalue weighted by Crippen LogP contribution is -2.65. The molecule has 9 nitrogen and oxygen atoms in total. The zero-order valence-corrected chi connectivity index (χ0v) is 18.0. The van der Waals surface area contributed by atoms with E-state index in [1.54, 1.807) is 0 Å². The molecule has 0 aromatic carbocycles. The van der Waals surface area contributed by atoms with Gasteiger partial charge < -0.3 is 11.5 Å². The molecular formula is C18H24N4O5S2. The lowest BCUT2D eigenvalue weighted by molar-refractivity contribution is -0.183. The van der Waals surface area contributed by atoms with Crippen molar-refractivity contribution in [2.24, 2.45) is 17.4 Å². The summed E-state index contributed by atoms with van der Waals surface area (Å²) < 4.78 is 0. The number of hydroxylamine groups is 4. The second-order valence-electron chi connectivity index (χ2n) is 6.27. The molecule has 0 saturated heterocycles. The number of thiophene rings is 2. The van der Waals surface area contributed by atoms with Gasteiger partial charge in [-0.25, -0.2) is 9.86 Å². The molecule has 2 rings (SSSR count). The first-order valence-electron chi connectivity index (χ1n) is 8.58. The molecule has 158 valence electrons. The number of imide groups is 1. The highest BCUT2D eigenvalue weighted by Crippen LogP contribution is 2.31. The number of carbonyl (C=O) groups excluding carboxylic acids is 3. The number of likely N-dealkylation sites (N-methyl/N-ethyl adjacent to an activating group) is 1. The number of carbonyl (C=O) groups is 3. The first-order valence-corrected chi connectivity index (χ1v) is 10.3. The Bertz CT molecular complexity index is 827. The molecule has 2 aromatic rings. The van der Waals surface area contributed by atoms with Crippen LogP contribution in [0.5, 0.6) is 0 Å². The highest BCUT2D eigenvalue weighted by Gasteiger charge is 2.50. The maximum atomic E-state index is 13.2. The summed E-state index contributed by atoms with van der Waals surface area (Å²) in [5, 5.41) is 5.10. The molecule has 0 aliphatic carbocycles. The zero-order valence-electron chi connectivity index (χ0n) is 16.4. The minimum absolute atomic E-state index is 0.0648. The molecule has 29 heavy (non-hydrogen) atoms. The summed E-state index contributed by atoms with van der Waals surface area (Å²) in [6, 6.07) is 6.19. The number of hydrogen-bond acceptors (Lipinski definition) is 8. The van der Waals surface area contributed by atoms with E-state index >= 15 is 0 Å². The molecule has 0 aliphatic heterocycles. The SMILES string of the molecule is CON(C)C(=O)[C@](N)(Cc1cccs1)[C@H](Cc1cccs1)C(=O)N(OC)C(N)=O. The Morgan fingerprint density at radius 3 is 2.14 bits per heavy atom. The van der Waals surface area contributed by atoms with Gasteiger partial charge in [0.1, 0.15) is 5.54 Å². The predicted molar refractivity (Wildman–Crippen MR) is 110 cm³/mol. The first kappa shape index (κ1) is 23.0. The molecule has 0 saturated carbocycles. The van der Waals surface area contributed by atoms with Gasteiger partial charge in [-0.05, 0) is 29.3 Å². The van der Waals surface area contributed by atoms with Gasteiger partial charge in [-0.15, -0.1) is 27.7 Å². The molecule has 0 radical (unpaired) electrons. The zero-order chi connectivity index (χ0) is 21.6. The summed E-state index contributed by atoms with van der Waals surface area (Å²) >= 11 is 2.82. The topological polar surface area (TPSA) is 128 Å². The molecule has 2 heterocycles. The first-order chi connectivity index (χ1) is 13.7. The molecule has 4 N–H and O–H groups in total. The Balaban J connectivity index is 2.56. The molecule has 0 unspecified atom stereocenters. The van der Waals surface area contributed by atoms with E-state index in [0.29, 0.717) is 5.06 Å². The van der Waals surface area contributed by atoms with Gasteiger partial charge in [0.2, 0.25) is 0 Å². The van der Waals surface area contributed by atoms with Gasteiger partial charge >= 0.3 is 6.03 Å². The molecule has 11 heteroatoms. The van der Waals surface area contributed by atoms with E-state index in [1.807, 2.05) is 35.0 Å². The van der Waals surface area contributed by atoms with Crippen molar-refractivity contribution in [3.63, 3.8) is 0 Å². The van der Waals surface area contributed by atoms with E-state index in [0.717, 1.165) is 21.9 Å². The number of amides is 4. The van der Waals surface area contributed by atoms with Crippen molar-refractivity contribution in [1.82, 2.24) is 10.1 Å². The Hall–Kier alpha value is -2.31. The minimum Gasteiger partial charge on any atom is -0.349 e. The van der Waals surface area contributed by atoms with Crippen molar-refractivity contribution in [2.75, 3.05) is 21.3 Å². The fourth-order valence-electron chi connectivity index (χ4n) is 2.98. The van der Waals surface area contributed by atoms with Gasteiger partial charge in [0.15, 0.2) is 0 Å². The average molecular weight is 441 g/mol. The third-order valence-electron chi connectivity index (χ3n) is 4.49. The van der Waals surface area contributed by atoms with Crippen molar-refractivity contribution in [2.45, 2.75) is 18.4 Å². The van der Waals surface area contributed by atoms with Gasteiger partial charge in [-0.1, -0.05) is 12.1 Å². The summed E-state index contributed by atoms with van der Waals surface area (Å²) in [5.41, 5.74) is 10.2. The Kier molecular flexibility index (Phi) is 7.88. The predicted octanol–water partition coefficient (Wildman–Crippen LogP) is 1.40. The van der Waals surface area contributed by atoms with Crippen LogP contribution in [0.3, 0.4) is 0 Å². The van der Waals surface area contributed by atoms with Crippen LogP contribution in [-0.4, -0.2) is 54.8 Å². The van der Waals surface area contributed by atoms with Crippen LogP contribution in [-0.2, 0) is 32.1 Å². The Morgan fingerprint density at radius 2 is 1.69 bits per heavy atom. The van der Waals surface area contributed by atoms with E-state index in [-0.39, 0.29) is 12.8 Å². The summed E-state index contributed by atoms with van der Waals surface area (Å²) in [6.45, 7) is 0. The van der Waals surface area contributed by atoms with Crippen LogP contribution >= 0.6 is 22.7 Å². The fraction of sp³-hybridized carbons (Fsp3) is 0.389. The van der Waals surface area contributed by atoms with E-state index in [1.165, 1.54) is 36.8 Å². The third kappa shape index (κ3) is 5.19. The van der Waals surface area contributed by atoms with E-state index < -0.39 is 29.3 Å². The monoisotopic (exact) mass is 440 g/mol. The number of rotatable bonds is 9. The summed E-state index contributed by atoms with van der Waals surface area (Å²) in [7, 11) is 3.88. The van der Waals surface area contributed by atoms with E-state index in [2.05, 4.69) is 0 Å². The minimum atomic E-state index is -1.72. The van der Waals surface area contributed by atoms with Crippen LogP contribution in [0, 0.1) is 5.92 Å². The maximum Gasteiger partial charge on any atom is 0.346 e. The second-order valence-corrected chi connectivity index (χ2v) is 8.34. The molecular weight excluding hydrogens is 416 g/mol. The summed E-state index contributed by atoms with van der Waals surface area (Å²) in [4.78, 5) is 49.7. The molecule has 0 fully saturated rings. The van der Waals surface area contributed by atoms with E-state index in [9.17, 15) is 14.4 Å². The number of urea groups is 1. The molecule has 0 spiro atoms. The Labute approximate surface area is 176 Å². The lowest BCUT2D eigenvalue weighted by atomic mass is 9.77.